The lowest BCUT2D eigenvalue weighted by Gasteiger charge is -2.39. The predicted octanol–water partition coefficient (Wildman–Crippen LogP) is 3.03. The highest BCUT2D eigenvalue weighted by molar-refractivity contribution is 8.00. The highest BCUT2D eigenvalue weighted by atomic mass is 35.5. The molecule has 0 aromatic heterocycles. The van der Waals surface area contributed by atoms with Crippen LogP contribution in [0, 0.1) is 0 Å². The number of fused-ring (bicyclic) bond motifs is 2. The van der Waals surface area contributed by atoms with Gasteiger partial charge in [-0.15, -0.1) is 23.4 Å². The number of thioether (sulfide) groups is 1. The highest BCUT2D eigenvalue weighted by Crippen LogP contribution is 2.40. The Hall–Kier alpha value is 0.110. The first kappa shape index (κ1) is 12.2. The fourth-order valence-corrected chi connectivity index (χ4v) is 5.24. The zero-order chi connectivity index (χ0) is 11.8. The topological polar surface area (TPSA) is 20.3 Å². The van der Waals surface area contributed by atoms with Gasteiger partial charge in [-0.25, -0.2) is 0 Å². The molecule has 3 saturated heterocycles. The lowest BCUT2D eigenvalue weighted by molar-refractivity contribution is -0.135. The SMILES string of the molecule is O=C(C1CCCCS1)N1C2CCC1CC(Cl)C2. The van der Waals surface area contributed by atoms with Crippen molar-refractivity contribution < 1.29 is 4.79 Å². The van der Waals surface area contributed by atoms with E-state index in [0.29, 0.717) is 23.4 Å². The molecule has 0 aromatic carbocycles. The van der Waals surface area contributed by atoms with Gasteiger partial charge in [-0.1, -0.05) is 6.42 Å². The van der Waals surface area contributed by atoms with Crippen molar-refractivity contribution in [3.05, 3.63) is 0 Å². The van der Waals surface area contributed by atoms with Crippen LogP contribution < -0.4 is 0 Å². The average molecular weight is 274 g/mol. The second kappa shape index (κ2) is 5.00. The maximum atomic E-state index is 12.6. The maximum absolute atomic E-state index is 12.6. The summed E-state index contributed by atoms with van der Waals surface area (Å²) in [6.07, 6.45) is 7.98. The van der Waals surface area contributed by atoms with E-state index in [1.54, 1.807) is 0 Å². The van der Waals surface area contributed by atoms with Crippen LogP contribution in [0.4, 0.5) is 0 Å². The van der Waals surface area contributed by atoms with Gasteiger partial charge in [0, 0.05) is 17.5 Å². The summed E-state index contributed by atoms with van der Waals surface area (Å²) < 4.78 is 0. The van der Waals surface area contributed by atoms with Crippen LogP contribution in [0.15, 0.2) is 0 Å². The van der Waals surface area contributed by atoms with Crippen LogP contribution in [0.3, 0.4) is 0 Å². The molecule has 3 fully saturated rings. The van der Waals surface area contributed by atoms with Gasteiger partial charge in [-0.2, -0.15) is 0 Å². The maximum Gasteiger partial charge on any atom is 0.236 e. The monoisotopic (exact) mass is 273 g/mol. The molecule has 0 spiro atoms. The Morgan fingerprint density at radius 1 is 1.12 bits per heavy atom. The van der Waals surface area contributed by atoms with Crippen LogP contribution in [0.2, 0.25) is 0 Å². The molecule has 17 heavy (non-hydrogen) atoms. The quantitative estimate of drug-likeness (QED) is 0.685. The number of carbonyl (C=O) groups is 1. The number of hydrogen-bond acceptors (Lipinski definition) is 2. The molecular weight excluding hydrogens is 254 g/mol. The van der Waals surface area contributed by atoms with Gasteiger partial charge in [0.1, 0.15) is 0 Å². The van der Waals surface area contributed by atoms with E-state index in [2.05, 4.69) is 4.90 Å². The lowest BCUT2D eigenvalue weighted by atomic mass is 10.0. The van der Waals surface area contributed by atoms with Crippen molar-refractivity contribution in [1.82, 2.24) is 4.90 Å². The Balaban J connectivity index is 1.69. The van der Waals surface area contributed by atoms with Crippen molar-refractivity contribution in [3.63, 3.8) is 0 Å². The van der Waals surface area contributed by atoms with Crippen molar-refractivity contribution in [2.45, 2.75) is 67.7 Å². The zero-order valence-corrected chi connectivity index (χ0v) is 11.7. The molecule has 2 nitrogen and oxygen atoms in total. The number of nitrogens with zero attached hydrogens (tertiary/aromatic N) is 1. The molecule has 3 unspecified atom stereocenters. The van der Waals surface area contributed by atoms with E-state index in [1.165, 1.54) is 25.7 Å². The smallest absolute Gasteiger partial charge is 0.236 e. The van der Waals surface area contributed by atoms with E-state index in [9.17, 15) is 4.79 Å². The van der Waals surface area contributed by atoms with E-state index < -0.39 is 0 Å². The van der Waals surface area contributed by atoms with Crippen LogP contribution >= 0.6 is 23.4 Å². The summed E-state index contributed by atoms with van der Waals surface area (Å²) in [6, 6.07) is 0.901. The first-order valence-corrected chi connectivity index (χ1v) is 8.32. The summed E-state index contributed by atoms with van der Waals surface area (Å²) in [7, 11) is 0. The van der Waals surface area contributed by atoms with Crippen LogP contribution in [0.1, 0.15) is 44.9 Å². The van der Waals surface area contributed by atoms with Crippen molar-refractivity contribution in [3.8, 4) is 0 Å². The molecule has 0 saturated carbocycles. The Morgan fingerprint density at radius 2 is 1.82 bits per heavy atom. The van der Waals surface area contributed by atoms with Crippen molar-refractivity contribution in [2.75, 3.05) is 5.75 Å². The molecular formula is C13H20ClNOS. The number of rotatable bonds is 1. The number of carbonyl (C=O) groups excluding carboxylic acids is 1. The van der Waals surface area contributed by atoms with Crippen LogP contribution in [-0.4, -0.2) is 39.3 Å². The summed E-state index contributed by atoms with van der Waals surface area (Å²) in [5, 5.41) is 0.550. The van der Waals surface area contributed by atoms with Gasteiger partial charge in [-0.05, 0) is 44.3 Å². The predicted molar refractivity (Wildman–Crippen MR) is 72.6 cm³/mol. The average Bonchev–Trinajstić information content (AvgIpc) is 2.62. The number of piperidine rings is 1. The van der Waals surface area contributed by atoms with Crippen LogP contribution in [0.5, 0.6) is 0 Å². The molecule has 96 valence electrons. The summed E-state index contributed by atoms with van der Waals surface area (Å²) in [4.78, 5) is 14.8. The minimum atomic E-state index is 0.249. The zero-order valence-electron chi connectivity index (χ0n) is 10.1. The molecule has 1 amide bonds. The van der Waals surface area contributed by atoms with E-state index in [0.717, 1.165) is 25.0 Å². The summed E-state index contributed by atoms with van der Waals surface area (Å²) >= 11 is 8.13. The highest BCUT2D eigenvalue weighted by Gasteiger charge is 2.44. The second-order valence-corrected chi connectivity index (χ2v) is 7.48. The Labute approximate surface area is 112 Å². The fraction of sp³-hybridized carbons (Fsp3) is 0.923. The van der Waals surface area contributed by atoms with Gasteiger partial charge in [0.2, 0.25) is 5.91 Å². The molecule has 3 heterocycles. The number of halogens is 1. The molecule has 0 aliphatic carbocycles. The van der Waals surface area contributed by atoms with E-state index in [1.807, 2.05) is 11.8 Å². The second-order valence-electron chi connectivity index (χ2n) is 5.55. The van der Waals surface area contributed by atoms with Crippen LogP contribution in [0.25, 0.3) is 0 Å². The van der Waals surface area contributed by atoms with Crippen LogP contribution in [-0.2, 0) is 4.79 Å². The van der Waals surface area contributed by atoms with Gasteiger partial charge in [0.25, 0.3) is 0 Å². The van der Waals surface area contributed by atoms with E-state index >= 15 is 0 Å². The summed E-state index contributed by atoms with van der Waals surface area (Å²) in [5.74, 6) is 1.59. The van der Waals surface area contributed by atoms with Crippen molar-refractivity contribution >= 4 is 29.3 Å². The largest absolute Gasteiger partial charge is 0.336 e. The van der Waals surface area contributed by atoms with Gasteiger partial charge in [0.05, 0.1) is 5.25 Å². The third-order valence-corrected chi connectivity index (χ3v) is 6.11. The Kier molecular flexibility index (Phi) is 3.58. The first-order chi connectivity index (χ1) is 8.25. The minimum Gasteiger partial charge on any atom is -0.336 e. The fourth-order valence-electron chi connectivity index (χ4n) is 3.57. The van der Waals surface area contributed by atoms with E-state index in [-0.39, 0.29) is 5.25 Å². The summed E-state index contributed by atoms with van der Waals surface area (Å²) in [5.41, 5.74) is 0. The minimum absolute atomic E-state index is 0.249. The molecule has 4 heteroatoms. The molecule has 0 radical (unpaired) electrons. The van der Waals surface area contributed by atoms with Gasteiger partial charge in [0.15, 0.2) is 0 Å². The normalized spacial score (nSPS) is 41.6. The van der Waals surface area contributed by atoms with Gasteiger partial charge >= 0.3 is 0 Å². The van der Waals surface area contributed by atoms with E-state index in [4.69, 9.17) is 11.6 Å². The summed E-state index contributed by atoms with van der Waals surface area (Å²) in [6.45, 7) is 0. The molecule has 0 N–H and O–H groups in total. The molecule has 3 atom stereocenters. The van der Waals surface area contributed by atoms with Gasteiger partial charge < -0.3 is 4.90 Å². The Bertz CT molecular complexity index is 292. The van der Waals surface area contributed by atoms with Crippen molar-refractivity contribution in [2.24, 2.45) is 0 Å². The number of alkyl halides is 1. The van der Waals surface area contributed by atoms with Gasteiger partial charge in [-0.3, -0.25) is 4.79 Å². The van der Waals surface area contributed by atoms with Crippen molar-refractivity contribution in [1.29, 1.82) is 0 Å². The standard InChI is InChI=1S/C13H20ClNOS/c14-9-7-10-4-5-11(8-9)15(10)13(16)12-3-1-2-6-17-12/h9-12H,1-8H2. The molecule has 3 aliphatic heterocycles. The lowest BCUT2D eigenvalue weighted by Crippen LogP contribution is -2.50. The molecule has 3 rings (SSSR count). The molecule has 0 aromatic rings. The number of hydrogen-bond donors (Lipinski definition) is 0. The molecule has 2 bridgehead atoms. The first-order valence-electron chi connectivity index (χ1n) is 6.83. The third kappa shape index (κ3) is 2.33. The third-order valence-electron chi connectivity index (χ3n) is 4.39. The Morgan fingerprint density at radius 3 is 2.41 bits per heavy atom. The molecule has 3 aliphatic rings. The number of amides is 1.